The van der Waals surface area contributed by atoms with Crippen LogP contribution in [0.25, 0.3) is 0 Å². The maximum absolute atomic E-state index is 7.87. The van der Waals surface area contributed by atoms with Crippen molar-refractivity contribution in [3.05, 3.63) is 0 Å². The third-order valence-corrected chi connectivity index (χ3v) is 6.15. The van der Waals surface area contributed by atoms with Crippen molar-refractivity contribution in [3.8, 4) is 0 Å². The van der Waals surface area contributed by atoms with E-state index in [1.165, 1.54) is 25.7 Å². The van der Waals surface area contributed by atoms with E-state index in [0.717, 1.165) is 0 Å². The predicted molar refractivity (Wildman–Crippen MR) is 71.8 cm³/mol. The summed E-state index contributed by atoms with van der Waals surface area (Å²) in [6.45, 7) is 4.59. The van der Waals surface area contributed by atoms with Crippen LogP contribution in [0.15, 0.2) is 0 Å². The van der Waals surface area contributed by atoms with Gasteiger partial charge < -0.3 is 9.79 Å². The van der Waals surface area contributed by atoms with Gasteiger partial charge in [0.15, 0.2) is 0 Å². The Balaban J connectivity index is 0. The fraction of sp³-hybridized carbons (Fsp3) is 1.00. The van der Waals surface area contributed by atoms with Gasteiger partial charge in [-0.2, -0.15) is 0 Å². The van der Waals surface area contributed by atoms with Crippen LogP contribution in [0.5, 0.6) is 0 Å². The van der Waals surface area contributed by atoms with Gasteiger partial charge in [0, 0.05) is 0 Å². The van der Waals surface area contributed by atoms with Crippen molar-refractivity contribution >= 4 is 29.7 Å². The van der Waals surface area contributed by atoms with Crippen LogP contribution < -0.4 is 0 Å². The molecule has 0 spiro atoms. The SMILES string of the molecule is CCCC[CH2][Zn][CH2]CCC.OP(O)(=S)S. The Labute approximate surface area is 112 Å². The molecule has 0 heterocycles. The Morgan fingerprint density at radius 2 is 1.47 bits per heavy atom. The second-order valence-corrected chi connectivity index (χ2v) is 13.1. The van der Waals surface area contributed by atoms with E-state index in [1.54, 1.807) is 16.5 Å². The molecule has 90 valence electrons. The monoisotopic (exact) mass is 322 g/mol. The maximum atomic E-state index is 7.87. The van der Waals surface area contributed by atoms with Gasteiger partial charge in [-0.25, -0.2) is 0 Å². The molecule has 0 unspecified atom stereocenters. The van der Waals surface area contributed by atoms with Gasteiger partial charge in [0.1, 0.15) is 0 Å². The predicted octanol–water partition coefficient (Wildman–Crippen LogP) is 4.02. The van der Waals surface area contributed by atoms with Gasteiger partial charge in [0.2, 0.25) is 5.69 Å². The zero-order valence-electron chi connectivity index (χ0n) is 9.85. The zero-order valence-corrected chi connectivity index (χ0v) is 15.4. The summed E-state index contributed by atoms with van der Waals surface area (Å²) in [5.74, 6) is 0. The fourth-order valence-electron chi connectivity index (χ4n) is 1.21. The number of rotatable bonds is 7. The first kappa shape index (κ1) is 18.9. The first-order valence-electron chi connectivity index (χ1n) is 5.70. The van der Waals surface area contributed by atoms with Gasteiger partial charge in [0.05, 0.1) is 0 Å². The van der Waals surface area contributed by atoms with Crippen LogP contribution in [0.1, 0.15) is 46.0 Å². The van der Waals surface area contributed by atoms with E-state index >= 15 is 0 Å². The Kier molecular flexibility index (Phi) is 17.1. The molecule has 0 atom stereocenters. The molecule has 0 bridgehead atoms. The Hall–Kier alpha value is 1.54. The molecule has 2 nitrogen and oxygen atoms in total. The van der Waals surface area contributed by atoms with Gasteiger partial charge >= 0.3 is 73.1 Å². The summed E-state index contributed by atoms with van der Waals surface area (Å²) in [6.07, 6.45) is 7.36. The third-order valence-electron chi connectivity index (χ3n) is 1.96. The quantitative estimate of drug-likeness (QED) is 0.287. The summed E-state index contributed by atoms with van der Waals surface area (Å²) in [6, 6.07) is 0. The summed E-state index contributed by atoms with van der Waals surface area (Å²) in [7, 11) is 0. The van der Waals surface area contributed by atoms with Crippen LogP contribution in [0.2, 0.25) is 10.0 Å². The third kappa shape index (κ3) is 39.1. The number of hydrogen-bond donors (Lipinski definition) is 3. The van der Waals surface area contributed by atoms with Crippen molar-refractivity contribution < 1.29 is 26.9 Å². The summed E-state index contributed by atoms with van der Waals surface area (Å²) >= 11 is 7.07. The molecule has 0 aliphatic heterocycles. The minimum atomic E-state index is -3.11. The van der Waals surface area contributed by atoms with Crippen molar-refractivity contribution in [2.75, 3.05) is 0 Å². The van der Waals surface area contributed by atoms with Crippen LogP contribution in [0, 0.1) is 0 Å². The molecule has 0 aromatic rings. The van der Waals surface area contributed by atoms with Crippen LogP contribution >= 0.6 is 17.9 Å². The normalized spacial score (nSPS) is 10.2. The van der Waals surface area contributed by atoms with Crippen molar-refractivity contribution in [3.63, 3.8) is 0 Å². The first-order valence-corrected chi connectivity index (χ1v) is 13.8. The molecule has 0 aliphatic rings. The fourth-order valence-corrected chi connectivity index (χ4v) is 5.22. The molecule has 0 saturated carbocycles. The molecule has 0 aliphatic carbocycles. The molecule has 15 heavy (non-hydrogen) atoms. The summed E-state index contributed by atoms with van der Waals surface area (Å²) in [4.78, 5) is 15.7. The molecule has 0 aromatic heterocycles. The smallest absolute Gasteiger partial charge is 0.239 e. The van der Waals surface area contributed by atoms with Crippen LogP contribution in [-0.2, 0) is 28.9 Å². The number of unbranched alkanes of at least 4 members (excludes halogenated alkanes) is 3. The average Bonchev–Trinajstić information content (AvgIpc) is 2.08. The number of hydrogen-bond acceptors (Lipinski definition) is 1. The summed E-state index contributed by atoms with van der Waals surface area (Å²) in [5.41, 5.74) is -3.11. The molecule has 2 N–H and O–H groups in total. The molecule has 0 saturated heterocycles. The Morgan fingerprint density at radius 1 is 1.07 bits per heavy atom. The summed E-state index contributed by atoms with van der Waals surface area (Å²) < 4.78 is 0. The minimum Gasteiger partial charge on any atom is -0.338 e. The van der Waals surface area contributed by atoms with Crippen molar-refractivity contribution in [2.45, 2.75) is 56.0 Å². The molecule has 0 fully saturated rings. The van der Waals surface area contributed by atoms with Crippen LogP contribution in [0.3, 0.4) is 0 Å². The van der Waals surface area contributed by atoms with E-state index < -0.39 is 5.69 Å². The van der Waals surface area contributed by atoms with Gasteiger partial charge in [-0.15, -0.1) is 0 Å². The van der Waals surface area contributed by atoms with Crippen molar-refractivity contribution in [1.82, 2.24) is 0 Å². The zero-order chi connectivity index (χ0) is 12.2. The molecule has 0 rings (SSSR count). The molecule has 0 amide bonds. The van der Waals surface area contributed by atoms with E-state index in [4.69, 9.17) is 9.79 Å². The second kappa shape index (κ2) is 13.6. The van der Waals surface area contributed by atoms with Crippen LogP contribution in [-0.4, -0.2) is 9.79 Å². The van der Waals surface area contributed by atoms with Crippen LogP contribution in [0.4, 0.5) is 0 Å². The van der Waals surface area contributed by atoms with E-state index in [0.29, 0.717) is 0 Å². The molecular weight excluding hydrogens is 301 g/mol. The Bertz CT molecular complexity index is 148. The van der Waals surface area contributed by atoms with E-state index in [9.17, 15) is 0 Å². The summed E-state index contributed by atoms with van der Waals surface area (Å²) in [5, 5.41) is 3.30. The van der Waals surface area contributed by atoms with Gasteiger partial charge in [-0.3, -0.25) is 0 Å². The number of thiol groups is 1. The minimum absolute atomic E-state index is 0.000139. The van der Waals surface area contributed by atoms with E-state index in [-0.39, 0.29) is 17.1 Å². The maximum Gasteiger partial charge on any atom is 0.239 e. The molecular formula is C9H23O2PS2Zn. The molecule has 6 heteroatoms. The first-order chi connectivity index (χ1) is 6.91. The second-order valence-electron chi connectivity index (χ2n) is 3.63. The van der Waals surface area contributed by atoms with Gasteiger partial charge in [0.25, 0.3) is 0 Å². The van der Waals surface area contributed by atoms with E-state index in [2.05, 4.69) is 37.9 Å². The van der Waals surface area contributed by atoms with Crippen molar-refractivity contribution in [2.24, 2.45) is 0 Å². The Morgan fingerprint density at radius 3 is 1.87 bits per heavy atom. The van der Waals surface area contributed by atoms with E-state index in [1.807, 2.05) is 0 Å². The standard InChI is InChI=1S/C5H11.C4H9.H3O2PS2.Zn/c1-3-5-4-2;1-3-4-2;1-3(2,4)5;/h1,3-5H2,2H3;1,3-4H2,2H3;(H3,1,2,4,5);. The topological polar surface area (TPSA) is 40.5 Å². The molecule has 0 radical (unpaired) electrons. The largest absolute Gasteiger partial charge is 0.338 e. The van der Waals surface area contributed by atoms with Gasteiger partial charge in [-0.05, 0) is 11.8 Å². The van der Waals surface area contributed by atoms with Gasteiger partial charge in [-0.1, -0.05) is 12.2 Å². The average molecular weight is 324 g/mol. The molecule has 0 aromatic carbocycles. The van der Waals surface area contributed by atoms with Crippen molar-refractivity contribution in [1.29, 1.82) is 0 Å².